The number of hydrogen-bond acceptors (Lipinski definition) is 1. The van der Waals surface area contributed by atoms with E-state index in [2.05, 4.69) is 266 Å². The van der Waals surface area contributed by atoms with Gasteiger partial charge in [-0.15, -0.1) is 0 Å². The second kappa shape index (κ2) is 14.9. The predicted octanol–water partition coefficient (Wildman–Crippen LogP) is 15.5. The molecule has 12 rings (SSSR count). The van der Waals surface area contributed by atoms with Crippen molar-refractivity contribution in [1.29, 1.82) is 0 Å². The van der Waals surface area contributed by atoms with Gasteiger partial charge < -0.3 is 4.90 Å². The fraction of sp³-hybridized carbons (Fsp3) is 0.0323. The van der Waals surface area contributed by atoms with Gasteiger partial charge in [0.05, 0.1) is 10.8 Å². The fourth-order valence-electron chi connectivity index (χ4n) is 11.1. The SMILES string of the molecule is c1ccc(-c2ccc(N(c3ccccc3)c3ccc(-c4ccccc4C4(c5ccccc5)c5ccccc5C5(c6ccccc6)c6ccccc6-c6cccc4c65)cc3)cc2)cc1. The summed E-state index contributed by atoms with van der Waals surface area (Å²) in [7, 11) is 0. The molecule has 0 amide bonds. The summed E-state index contributed by atoms with van der Waals surface area (Å²) >= 11 is 0. The van der Waals surface area contributed by atoms with Crippen LogP contribution in [0.4, 0.5) is 17.1 Å². The van der Waals surface area contributed by atoms with Gasteiger partial charge in [-0.1, -0.05) is 224 Å². The van der Waals surface area contributed by atoms with E-state index in [9.17, 15) is 0 Å². The van der Waals surface area contributed by atoms with Crippen LogP contribution < -0.4 is 4.90 Å². The van der Waals surface area contributed by atoms with Gasteiger partial charge in [0.2, 0.25) is 0 Å². The summed E-state index contributed by atoms with van der Waals surface area (Å²) in [4.78, 5) is 2.35. The van der Waals surface area contributed by atoms with Crippen LogP contribution in [0.2, 0.25) is 0 Å². The maximum atomic E-state index is 2.42. The van der Waals surface area contributed by atoms with Gasteiger partial charge in [-0.05, 0) is 114 Å². The summed E-state index contributed by atoms with van der Waals surface area (Å²) in [5, 5.41) is 0. The summed E-state index contributed by atoms with van der Waals surface area (Å²) in [5.41, 5.74) is 20.1. The minimum atomic E-state index is -0.643. The molecular weight excluding hydrogens is 759 g/mol. The quantitative estimate of drug-likeness (QED) is 0.148. The molecule has 0 bridgehead atoms. The Bertz CT molecular complexity index is 3250. The van der Waals surface area contributed by atoms with Gasteiger partial charge >= 0.3 is 0 Å². The topological polar surface area (TPSA) is 3.24 Å². The van der Waals surface area contributed by atoms with Crippen molar-refractivity contribution in [3.8, 4) is 33.4 Å². The lowest BCUT2D eigenvalue weighted by atomic mass is 9.51. The maximum Gasteiger partial charge on any atom is 0.0720 e. The summed E-state index contributed by atoms with van der Waals surface area (Å²) in [6, 6.07) is 96.4. The van der Waals surface area contributed by atoms with Gasteiger partial charge in [0.1, 0.15) is 0 Å². The highest BCUT2D eigenvalue weighted by Crippen LogP contribution is 2.66. The molecule has 0 aliphatic heterocycles. The van der Waals surface area contributed by atoms with Crippen LogP contribution in [0, 0.1) is 0 Å². The molecule has 0 saturated carbocycles. The second-order valence-electron chi connectivity index (χ2n) is 16.7. The highest BCUT2D eigenvalue weighted by molar-refractivity contribution is 5.93. The first-order chi connectivity index (χ1) is 31.3. The van der Waals surface area contributed by atoms with Crippen molar-refractivity contribution in [2.45, 2.75) is 10.8 Å². The third-order valence-corrected chi connectivity index (χ3v) is 13.6. The predicted molar refractivity (Wildman–Crippen MR) is 261 cm³/mol. The van der Waals surface area contributed by atoms with Gasteiger partial charge in [-0.3, -0.25) is 0 Å². The summed E-state index contributed by atoms with van der Waals surface area (Å²) < 4.78 is 0. The number of anilines is 3. The first kappa shape index (κ1) is 36.8. The first-order valence-corrected chi connectivity index (χ1v) is 21.9. The number of benzene rings is 10. The van der Waals surface area contributed by atoms with Gasteiger partial charge in [0.25, 0.3) is 0 Å². The van der Waals surface area contributed by atoms with Crippen LogP contribution in [-0.4, -0.2) is 0 Å². The minimum absolute atomic E-state index is 0.491. The Morgan fingerprint density at radius 1 is 0.222 bits per heavy atom. The molecule has 63 heavy (non-hydrogen) atoms. The molecule has 2 unspecified atom stereocenters. The van der Waals surface area contributed by atoms with Gasteiger partial charge in [0.15, 0.2) is 0 Å². The highest BCUT2D eigenvalue weighted by Gasteiger charge is 2.57. The molecule has 0 radical (unpaired) electrons. The molecule has 2 aliphatic rings. The Morgan fingerprint density at radius 2 is 0.603 bits per heavy atom. The molecule has 10 aromatic rings. The molecule has 0 aromatic heterocycles. The summed E-state index contributed by atoms with van der Waals surface area (Å²) in [6.45, 7) is 0. The van der Waals surface area contributed by atoms with Crippen LogP contribution in [0.15, 0.2) is 261 Å². The van der Waals surface area contributed by atoms with Crippen LogP contribution in [0.5, 0.6) is 0 Å². The van der Waals surface area contributed by atoms with E-state index in [1.807, 2.05) is 0 Å². The van der Waals surface area contributed by atoms with Crippen LogP contribution in [0.3, 0.4) is 0 Å². The van der Waals surface area contributed by atoms with Crippen molar-refractivity contribution >= 4 is 17.1 Å². The maximum absolute atomic E-state index is 2.42. The Hall–Kier alpha value is -8.00. The Labute approximate surface area is 369 Å². The van der Waals surface area contributed by atoms with Gasteiger partial charge in [-0.2, -0.15) is 0 Å². The number of fused-ring (bicyclic) bond motifs is 5. The molecule has 2 atom stereocenters. The van der Waals surface area contributed by atoms with Crippen LogP contribution >= 0.6 is 0 Å². The largest absolute Gasteiger partial charge is 0.311 e. The second-order valence-corrected chi connectivity index (χ2v) is 16.7. The van der Waals surface area contributed by atoms with Crippen LogP contribution in [0.1, 0.15) is 44.5 Å². The fourth-order valence-corrected chi connectivity index (χ4v) is 11.1. The molecule has 0 spiro atoms. The lowest BCUT2D eigenvalue weighted by molar-refractivity contribution is 0.627. The highest BCUT2D eigenvalue weighted by atomic mass is 15.1. The monoisotopic (exact) mass is 801 g/mol. The van der Waals surface area contributed by atoms with Crippen LogP contribution in [-0.2, 0) is 10.8 Å². The average Bonchev–Trinajstić information content (AvgIpc) is 3.68. The van der Waals surface area contributed by atoms with E-state index in [0.29, 0.717) is 0 Å². The number of nitrogens with zero attached hydrogens (tertiary/aromatic N) is 1. The van der Waals surface area contributed by atoms with E-state index in [4.69, 9.17) is 0 Å². The minimum Gasteiger partial charge on any atom is -0.311 e. The molecule has 1 nitrogen and oxygen atoms in total. The standard InChI is InChI=1S/C62H43N/c1-5-20-44(21-6-1)45-36-40-50(41-37-45)63(49-26-11-4-12-27-49)51-42-38-46(39-43-51)52-28-13-15-31-55(52)61(47-22-7-2-8-23-47)57-33-17-18-34-58(57)62(48-24-9-3-10-25-48)56-32-16-14-29-53(56)54-30-19-35-59(61)60(54)62/h1-43H. The Balaban J connectivity index is 1.07. The van der Waals surface area contributed by atoms with Crippen LogP contribution in [0.25, 0.3) is 33.4 Å². The molecule has 296 valence electrons. The van der Waals surface area contributed by atoms with Crippen molar-refractivity contribution in [2.75, 3.05) is 4.90 Å². The lowest BCUT2D eigenvalue weighted by Gasteiger charge is -2.50. The molecule has 10 aromatic carbocycles. The first-order valence-electron chi connectivity index (χ1n) is 21.9. The van der Waals surface area contributed by atoms with Gasteiger partial charge in [-0.25, -0.2) is 0 Å². The van der Waals surface area contributed by atoms with E-state index in [1.54, 1.807) is 0 Å². The van der Waals surface area contributed by atoms with E-state index < -0.39 is 10.8 Å². The number of rotatable bonds is 8. The number of hydrogen-bond donors (Lipinski definition) is 0. The normalized spacial score (nSPS) is 16.7. The average molecular weight is 802 g/mol. The Kier molecular flexibility index (Phi) is 8.69. The molecule has 0 fully saturated rings. The molecule has 2 aliphatic carbocycles. The number of para-hydroxylation sites is 1. The zero-order valence-electron chi connectivity index (χ0n) is 34.8. The molecule has 0 heterocycles. The van der Waals surface area contributed by atoms with E-state index in [0.717, 1.165) is 17.1 Å². The van der Waals surface area contributed by atoms with Crippen molar-refractivity contribution in [2.24, 2.45) is 0 Å². The third kappa shape index (κ3) is 5.50. The van der Waals surface area contributed by atoms with Crippen molar-refractivity contribution < 1.29 is 0 Å². The van der Waals surface area contributed by atoms with E-state index in [-0.39, 0.29) is 0 Å². The summed E-state index contributed by atoms with van der Waals surface area (Å²) in [5.74, 6) is 0. The molecular formula is C62H43N. The third-order valence-electron chi connectivity index (χ3n) is 13.6. The Morgan fingerprint density at radius 3 is 1.21 bits per heavy atom. The zero-order valence-corrected chi connectivity index (χ0v) is 34.8. The molecule has 0 saturated heterocycles. The van der Waals surface area contributed by atoms with E-state index >= 15 is 0 Å². The lowest BCUT2D eigenvalue weighted by Crippen LogP contribution is -2.44. The zero-order chi connectivity index (χ0) is 41.8. The van der Waals surface area contributed by atoms with Crippen molar-refractivity contribution in [3.63, 3.8) is 0 Å². The van der Waals surface area contributed by atoms with Crippen molar-refractivity contribution in [3.05, 3.63) is 305 Å². The van der Waals surface area contributed by atoms with Gasteiger partial charge in [0, 0.05) is 17.1 Å². The smallest absolute Gasteiger partial charge is 0.0720 e. The molecule has 1 heteroatoms. The van der Waals surface area contributed by atoms with E-state index in [1.165, 1.54) is 77.9 Å². The van der Waals surface area contributed by atoms with Crippen molar-refractivity contribution in [1.82, 2.24) is 0 Å². The molecule has 0 N–H and O–H groups in total. The summed E-state index contributed by atoms with van der Waals surface area (Å²) in [6.07, 6.45) is 0.